The Morgan fingerprint density at radius 3 is 2.65 bits per heavy atom. The van der Waals surface area contributed by atoms with Crippen molar-refractivity contribution in [1.82, 2.24) is 0 Å². The van der Waals surface area contributed by atoms with E-state index in [0.29, 0.717) is 11.4 Å². The van der Waals surface area contributed by atoms with Gasteiger partial charge in [-0.1, -0.05) is 29.8 Å². The van der Waals surface area contributed by atoms with Gasteiger partial charge < -0.3 is 14.5 Å². The molecule has 1 aromatic heterocycles. The molecule has 0 saturated carbocycles. The molecule has 1 heterocycles. The molecule has 0 aliphatic carbocycles. The first kappa shape index (κ1) is 17.5. The molecule has 0 bridgehead atoms. The predicted molar refractivity (Wildman–Crippen MR) is 95.5 cm³/mol. The Bertz CT molecular complexity index is 940. The van der Waals surface area contributed by atoms with E-state index < -0.39 is 10.8 Å². The van der Waals surface area contributed by atoms with Crippen molar-refractivity contribution in [3.8, 4) is 5.75 Å². The van der Waals surface area contributed by atoms with Gasteiger partial charge in [-0.15, -0.1) is 0 Å². The van der Waals surface area contributed by atoms with E-state index in [2.05, 4.69) is 5.32 Å². The fourth-order valence-electron chi connectivity index (χ4n) is 2.16. The van der Waals surface area contributed by atoms with Gasteiger partial charge in [0.1, 0.15) is 18.1 Å². The van der Waals surface area contributed by atoms with E-state index in [1.807, 2.05) is 6.07 Å². The molecule has 132 valence electrons. The maximum atomic E-state index is 12.1. The summed E-state index contributed by atoms with van der Waals surface area (Å²) < 4.78 is 10.9. The Morgan fingerprint density at radius 2 is 1.92 bits per heavy atom. The molecule has 8 heteroatoms. The number of para-hydroxylation sites is 1. The highest BCUT2D eigenvalue weighted by Gasteiger charge is 2.14. The Hall–Kier alpha value is -3.32. The van der Waals surface area contributed by atoms with Crippen LogP contribution in [0.25, 0.3) is 0 Å². The van der Waals surface area contributed by atoms with Crippen molar-refractivity contribution in [3.63, 3.8) is 0 Å². The van der Waals surface area contributed by atoms with E-state index in [1.165, 1.54) is 24.3 Å². The number of hydrogen-bond donors (Lipinski definition) is 1. The zero-order valence-corrected chi connectivity index (χ0v) is 14.1. The zero-order chi connectivity index (χ0) is 18.5. The van der Waals surface area contributed by atoms with Gasteiger partial charge in [0.2, 0.25) is 0 Å². The summed E-state index contributed by atoms with van der Waals surface area (Å²) in [4.78, 5) is 22.4. The summed E-state index contributed by atoms with van der Waals surface area (Å²) in [6.45, 7) is -0.0283. The standard InChI is InChI=1S/C18H13ClN2O5/c19-15-8-6-13(21(23)24)10-17(15)25-11-14-7-9-16(26-14)18(22)20-12-4-2-1-3-5-12/h1-10H,11H2,(H,20,22). The molecule has 3 aromatic rings. The van der Waals surface area contributed by atoms with Crippen LogP contribution in [0.5, 0.6) is 5.75 Å². The minimum Gasteiger partial charge on any atom is -0.484 e. The molecule has 1 amide bonds. The molecule has 0 fully saturated rings. The fourth-order valence-corrected chi connectivity index (χ4v) is 2.33. The predicted octanol–water partition coefficient (Wildman–Crippen LogP) is 4.67. The van der Waals surface area contributed by atoms with Crippen LogP contribution < -0.4 is 10.1 Å². The smallest absolute Gasteiger partial charge is 0.291 e. The fraction of sp³-hybridized carbons (Fsp3) is 0.0556. The Kier molecular flexibility index (Phi) is 5.19. The topological polar surface area (TPSA) is 94.6 Å². The van der Waals surface area contributed by atoms with Crippen LogP contribution >= 0.6 is 11.6 Å². The third-order valence-electron chi connectivity index (χ3n) is 3.41. The van der Waals surface area contributed by atoms with Gasteiger partial charge in [-0.05, 0) is 30.3 Å². The number of nitrogens with zero attached hydrogens (tertiary/aromatic N) is 1. The summed E-state index contributed by atoms with van der Waals surface area (Å²) in [5.74, 6) is 0.270. The molecular formula is C18H13ClN2O5. The summed E-state index contributed by atoms with van der Waals surface area (Å²) >= 11 is 5.97. The number of amides is 1. The Labute approximate surface area is 153 Å². The third-order valence-corrected chi connectivity index (χ3v) is 3.72. The number of hydrogen-bond acceptors (Lipinski definition) is 5. The maximum absolute atomic E-state index is 12.1. The number of non-ortho nitro benzene ring substituents is 1. The van der Waals surface area contributed by atoms with Crippen molar-refractivity contribution in [1.29, 1.82) is 0 Å². The number of nitro benzene ring substituents is 1. The Balaban J connectivity index is 1.65. The number of benzene rings is 2. The second-order valence-electron chi connectivity index (χ2n) is 5.25. The van der Waals surface area contributed by atoms with E-state index in [0.717, 1.165) is 0 Å². The van der Waals surface area contributed by atoms with E-state index >= 15 is 0 Å². The number of carbonyl (C=O) groups excluding carboxylic acids is 1. The molecular weight excluding hydrogens is 360 g/mol. The van der Waals surface area contributed by atoms with Crippen LogP contribution in [0.4, 0.5) is 11.4 Å². The molecule has 3 rings (SSSR count). The van der Waals surface area contributed by atoms with Gasteiger partial charge in [-0.25, -0.2) is 0 Å². The van der Waals surface area contributed by atoms with Gasteiger partial charge in [0.25, 0.3) is 11.6 Å². The van der Waals surface area contributed by atoms with E-state index in [4.69, 9.17) is 20.8 Å². The molecule has 7 nitrogen and oxygen atoms in total. The van der Waals surface area contributed by atoms with Crippen molar-refractivity contribution in [3.05, 3.63) is 87.3 Å². The van der Waals surface area contributed by atoms with Crippen LogP contribution in [0.2, 0.25) is 5.02 Å². The lowest BCUT2D eigenvalue weighted by Crippen LogP contribution is -2.10. The van der Waals surface area contributed by atoms with Crippen LogP contribution in [-0.2, 0) is 6.61 Å². The van der Waals surface area contributed by atoms with Gasteiger partial charge in [0, 0.05) is 11.8 Å². The number of carbonyl (C=O) groups is 1. The summed E-state index contributed by atoms with van der Waals surface area (Å²) in [5, 5.41) is 13.8. The first-order chi connectivity index (χ1) is 12.5. The maximum Gasteiger partial charge on any atom is 0.291 e. The lowest BCUT2D eigenvalue weighted by molar-refractivity contribution is -0.384. The molecule has 0 saturated heterocycles. The summed E-state index contributed by atoms with van der Waals surface area (Å²) in [6, 6.07) is 16.0. The second-order valence-corrected chi connectivity index (χ2v) is 5.65. The first-order valence-electron chi connectivity index (χ1n) is 7.55. The van der Waals surface area contributed by atoms with Crippen molar-refractivity contribution < 1.29 is 18.9 Å². The molecule has 1 N–H and O–H groups in total. The second kappa shape index (κ2) is 7.71. The minimum atomic E-state index is -0.540. The highest BCUT2D eigenvalue weighted by Crippen LogP contribution is 2.29. The van der Waals surface area contributed by atoms with E-state index in [-0.39, 0.29) is 28.8 Å². The van der Waals surface area contributed by atoms with Crippen molar-refractivity contribution in [2.75, 3.05) is 5.32 Å². The largest absolute Gasteiger partial charge is 0.484 e. The molecule has 0 aliphatic heterocycles. The average molecular weight is 373 g/mol. The van der Waals surface area contributed by atoms with Crippen LogP contribution in [-0.4, -0.2) is 10.8 Å². The summed E-state index contributed by atoms with van der Waals surface area (Å²) in [6.07, 6.45) is 0. The van der Waals surface area contributed by atoms with Gasteiger partial charge in [0.15, 0.2) is 5.76 Å². The van der Waals surface area contributed by atoms with Crippen LogP contribution in [0.1, 0.15) is 16.3 Å². The SMILES string of the molecule is O=C(Nc1ccccc1)c1ccc(COc2cc([N+](=O)[O-])ccc2Cl)o1. The lowest BCUT2D eigenvalue weighted by Gasteiger charge is -2.06. The minimum absolute atomic E-state index is 0.0283. The number of nitrogens with one attached hydrogen (secondary N) is 1. The number of anilines is 1. The Morgan fingerprint density at radius 1 is 1.15 bits per heavy atom. The van der Waals surface area contributed by atoms with Crippen molar-refractivity contribution >= 4 is 28.9 Å². The number of halogens is 1. The highest BCUT2D eigenvalue weighted by atomic mass is 35.5. The zero-order valence-electron chi connectivity index (χ0n) is 13.3. The lowest BCUT2D eigenvalue weighted by atomic mass is 10.3. The molecule has 26 heavy (non-hydrogen) atoms. The summed E-state index contributed by atoms with van der Waals surface area (Å²) in [5.41, 5.74) is 0.516. The van der Waals surface area contributed by atoms with E-state index in [9.17, 15) is 14.9 Å². The van der Waals surface area contributed by atoms with Gasteiger partial charge in [-0.3, -0.25) is 14.9 Å². The van der Waals surface area contributed by atoms with Gasteiger partial charge in [0.05, 0.1) is 16.0 Å². The van der Waals surface area contributed by atoms with Gasteiger partial charge >= 0.3 is 0 Å². The molecule has 0 unspecified atom stereocenters. The number of rotatable bonds is 6. The molecule has 0 atom stereocenters. The number of nitro groups is 1. The van der Waals surface area contributed by atoms with Crippen LogP contribution in [0.3, 0.4) is 0 Å². The molecule has 0 aliphatic rings. The third kappa shape index (κ3) is 4.20. The summed E-state index contributed by atoms with van der Waals surface area (Å²) in [7, 11) is 0. The van der Waals surface area contributed by atoms with Crippen LogP contribution in [0.15, 0.2) is 65.1 Å². The first-order valence-corrected chi connectivity index (χ1v) is 7.92. The normalized spacial score (nSPS) is 10.3. The van der Waals surface area contributed by atoms with Gasteiger partial charge in [-0.2, -0.15) is 0 Å². The molecule has 0 spiro atoms. The molecule has 0 radical (unpaired) electrons. The number of ether oxygens (including phenoxy) is 1. The number of furan rings is 1. The van der Waals surface area contributed by atoms with Crippen molar-refractivity contribution in [2.24, 2.45) is 0 Å². The van der Waals surface area contributed by atoms with Crippen LogP contribution in [0, 0.1) is 10.1 Å². The molecule has 2 aromatic carbocycles. The highest BCUT2D eigenvalue weighted by molar-refractivity contribution is 6.32. The monoisotopic (exact) mass is 372 g/mol. The quantitative estimate of drug-likeness (QED) is 0.501. The van der Waals surface area contributed by atoms with E-state index in [1.54, 1.807) is 30.3 Å². The van der Waals surface area contributed by atoms with Crippen molar-refractivity contribution in [2.45, 2.75) is 6.61 Å². The average Bonchev–Trinajstić information content (AvgIpc) is 3.11.